The summed E-state index contributed by atoms with van der Waals surface area (Å²) in [5, 5.41) is 5.48. The smallest absolute Gasteiger partial charge is 0.217 e. The highest BCUT2D eigenvalue weighted by atomic mass is 31.2. The van der Waals surface area contributed by atoms with Gasteiger partial charge in [0, 0.05) is 22.3 Å². The van der Waals surface area contributed by atoms with Gasteiger partial charge in [0.15, 0.2) is 0 Å². The Kier molecular flexibility index (Phi) is 7.55. The van der Waals surface area contributed by atoms with Gasteiger partial charge < -0.3 is 9.30 Å². The van der Waals surface area contributed by atoms with Gasteiger partial charge in [-0.1, -0.05) is 140 Å². The van der Waals surface area contributed by atoms with E-state index in [4.69, 9.17) is 9.73 Å². The maximum atomic E-state index is 14.6. The number of aliphatic imine (C=N–C) groups is 1. The van der Waals surface area contributed by atoms with Crippen LogP contribution in [0.1, 0.15) is 5.56 Å². The van der Waals surface area contributed by atoms with E-state index in [0.29, 0.717) is 18.7 Å². The fraction of sp³-hybridized carbons (Fsp3) is 0.0882. The lowest BCUT2D eigenvalue weighted by Gasteiger charge is -2.22. The summed E-state index contributed by atoms with van der Waals surface area (Å²) in [5.74, 6) is 0.641. The molecule has 1 heterocycles. The Morgan fingerprint density at radius 3 is 1.64 bits per heavy atom. The predicted octanol–water partition coefficient (Wildman–Crippen LogP) is 5.60. The summed E-state index contributed by atoms with van der Waals surface area (Å²) in [6, 6.07) is 49.2. The molecule has 39 heavy (non-hydrogen) atoms. The Bertz CT molecular complexity index is 1520. The number of hydrogen-bond donors (Lipinski definition) is 0. The molecule has 0 fully saturated rings. The third kappa shape index (κ3) is 5.39. The molecule has 0 bridgehead atoms. The van der Waals surface area contributed by atoms with Crippen molar-refractivity contribution in [1.82, 2.24) is 0 Å². The summed E-state index contributed by atoms with van der Waals surface area (Å²) in [5.41, 5.74) is 1.01. The van der Waals surface area contributed by atoms with E-state index in [2.05, 4.69) is 78.9 Å². The zero-order valence-corrected chi connectivity index (χ0v) is 23.3. The molecule has 0 unspecified atom stereocenters. The van der Waals surface area contributed by atoms with Crippen LogP contribution in [-0.2, 0) is 9.30 Å². The van der Waals surface area contributed by atoms with Crippen LogP contribution in [-0.4, -0.2) is 24.7 Å². The first-order chi connectivity index (χ1) is 19.2. The highest BCUT2D eigenvalue weighted by Gasteiger charge is 2.34. The molecule has 1 atom stereocenters. The van der Waals surface area contributed by atoms with Gasteiger partial charge in [0.05, 0.1) is 6.04 Å². The van der Waals surface area contributed by atoms with E-state index in [0.717, 1.165) is 16.2 Å². The summed E-state index contributed by atoms with van der Waals surface area (Å²) >= 11 is 0. The zero-order chi connectivity index (χ0) is 26.5. The zero-order valence-electron chi connectivity index (χ0n) is 21.5. The Hall–Kier alpha value is -3.77. The first-order valence-electron chi connectivity index (χ1n) is 13.1. The van der Waals surface area contributed by atoms with Crippen molar-refractivity contribution < 1.29 is 9.30 Å². The second-order valence-electron chi connectivity index (χ2n) is 9.52. The van der Waals surface area contributed by atoms with Gasteiger partial charge >= 0.3 is 0 Å². The highest BCUT2D eigenvalue weighted by Crippen LogP contribution is 2.45. The van der Waals surface area contributed by atoms with Crippen LogP contribution in [0.15, 0.2) is 151 Å². The maximum absolute atomic E-state index is 14.6. The van der Waals surface area contributed by atoms with Crippen LogP contribution in [0.5, 0.6) is 0 Å². The van der Waals surface area contributed by atoms with Crippen LogP contribution in [0.3, 0.4) is 0 Å². The Morgan fingerprint density at radius 2 is 1.10 bits per heavy atom. The number of rotatable bonds is 8. The Labute approximate surface area is 231 Å². The van der Waals surface area contributed by atoms with Crippen LogP contribution in [0.4, 0.5) is 0 Å². The topological polar surface area (TPSA) is 38.7 Å². The van der Waals surface area contributed by atoms with Gasteiger partial charge in [-0.2, -0.15) is 0 Å². The average Bonchev–Trinajstić information content (AvgIpc) is 3.47. The second kappa shape index (κ2) is 11.5. The molecule has 0 amide bonds. The maximum Gasteiger partial charge on any atom is 0.217 e. The minimum Gasteiger partial charge on any atom is -0.475 e. The Morgan fingerprint density at radius 1 is 0.641 bits per heavy atom. The summed E-state index contributed by atoms with van der Waals surface area (Å²) < 4.78 is 20.9. The molecule has 0 N–H and O–H groups in total. The predicted molar refractivity (Wildman–Crippen MR) is 166 cm³/mol. The molecule has 5 aromatic rings. The SMILES string of the molecule is O=P(C[C@H]1COC(c2ccccc2P(c2ccccc2)c2ccccc2)=N1)(c1ccccc1)c1ccccc1. The van der Waals surface area contributed by atoms with E-state index in [1.807, 2.05) is 66.7 Å². The van der Waals surface area contributed by atoms with Gasteiger partial charge in [-0.25, -0.2) is 4.99 Å². The van der Waals surface area contributed by atoms with E-state index in [9.17, 15) is 4.57 Å². The molecule has 5 heteroatoms. The first kappa shape index (κ1) is 25.5. The van der Waals surface area contributed by atoms with Gasteiger partial charge in [-0.3, -0.25) is 0 Å². The molecule has 6 rings (SSSR count). The van der Waals surface area contributed by atoms with E-state index < -0.39 is 15.1 Å². The molecule has 5 aromatic carbocycles. The fourth-order valence-corrected chi connectivity index (χ4v) is 10.3. The molecule has 3 nitrogen and oxygen atoms in total. The summed E-state index contributed by atoms with van der Waals surface area (Å²) in [7, 11) is -3.71. The molecule has 0 radical (unpaired) electrons. The van der Waals surface area contributed by atoms with Crippen molar-refractivity contribution in [3.05, 3.63) is 151 Å². The third-order valence-electron chi connectivity index (χ3n) is 6.93. The molecule has 0 saturated carbocycles. The van der Waals surface area contributed by atoms with Gasteiger partial charge in [-0.05, 0) is 29.9 Å². The van der Waals surface area contributed by atoms with Gasteiger partial charge in [0.25, 0.3) is 0 Å². The van der Waals surface area contributed by atoms with Crippen molar-refractivity contribution in [2.75, 3.05) is 12.8 Å². The second-order valence-corrected chi connectivity index (χ2v) is 14.6. The van der Waals surface area contributed by atoms with Crippen molar-refractivity contribution in [2.24, 2.45) is 4.99 Å². The monoisotopic (exact) mass is 545 g/mol. The van der Waals surface area contributed by atoms with E-state index >= 15 is 0 Å². The molecule has 0 aliphatic carbocycles. The minimum atomic E-state index is -2.90. The molecule has 0 aromatic heterocycles. The van der Waals surface area contributed by atoms with Gasteiger partial charge in [0.2, 0.25) is 5.90 Å². The van der Waals surface area contributed by atoms with Crippen molar-refractivity contribution in [3.63, 3.8) is 0 Å². The summed E-state index contributed by atoms with van der Waals surface area (Å²) in [6.45, 7) is 0.419. The number of benzene rings is 5. The average molecular weight is 546 g/mol. The van der Waals surface area contributed by atoms with E-state index in [1.54, 1.807) is 0 Å². The van der Waals surface area contributed by atoms with Crippen molar-refractivity contribution >= 4 is 47.5 Å². The van der Waals surface area contributed by atoms with Crippen molar-refractivity contribution in [1.29, 1.82) is 0 Å². The Balaban J connectivity index is 1.38. The summed E-state index contributed by atoms with van der Waals surface area (Å²) in [4.78, 5) is 5.06. The molecule has 192 valence electrons. The van der Waals surface area contributed by atoms with Crippen molar-refractivity contribution in [2.45, 2.75) is 6.04 Å². The lowest BCUT2D eigenvalue weighted by molar-refractivity contribution is 0.324. The van der Waals surface area contributed by atoms with Crippen LogP contribution in [0, 0.1) is 0 Å². The van der Waals surface area contributed by atoms with Crippen molar-refractivity contribution in [3.8, 4) is 0 Å². The molecular formula is C34H29NO2P2. The van der Waals surface area contributed by atoms with Crippen LogP contribution >= 0.6 is 15.1 Å². The largest absolute Gasteiger partial charge is 0.475 e. The van der Waals surface area contributed by atoms with Gasteiger partial charge in [0.1, 0.15) is 13.7 Å². The normalized spacial score (nSPS) is 15.1. The fourth-order valence-electron chi connectivity index (χ4n) is 5.08. The van der Waals surface area contributed by atoms with Crippen LogP contribution in [0.25, 0.3) is 0 Å². The number of ether oxygens (including phenoxy) is 1. The van der Waals surface area contributed by atoms with E-state index in [1.165, 1.54) is 15.9 Å². The molecule has 0 saturated heterocycles. The lowest BCUT2D eigenvalue weighted by atomic mass is 10.2. The number of nitrogens with zero attached hydrogens (tertiary/aromatic N) is 1. The number of hydrogen-bond acceptors (Lipinski definition) is 3. The molecule has 0 spiro atoms. The third-order valence-corrected chi connectivity index (χ3v) is 12.6. The standard InChI is InChI=1S/C34H29NO2P2/c36-39(30-19-9-3-10-20-30,31-21-11-4-12-22-31)26-27-25-37-34(35-27)32-23-13-14-24-33(32)38(28-15-5-1-6-16-28)29-17-7-2-8-18-29/h1-24,27H,25-26H2/t27-/m1/s1. The minimum absolute atomic E-state index is 0.195. The summed E-state index contributed by atoms with van der Waals surface area (Å²) in [6.07, 6.45) is 0.429. The highest BCUT2D eigenvalue weighted by molar-refractivity contribution is 7.80. The van der Waals surface area contributed by atoms with Crippen LogP contribution in [0.2, 0.25) is 0 Å². The lowest BCUT2D eigenvalue weighted by Crippen LogP contribution is -2.25. The van der Waals surface area contributed by atoms with Gasteiger partial charge in [-0.15, -0.1) is 0 Å². The first-order valence-corrected chi connectivity index (χ1v) is 16.4. The quantitative estimate of drug-likeness (QED) is 0.238. The van der Waals surface area contributed by atoms with E-state index in [-0.39, 0.29) is 6.04 Å². The molecular weight excluding hydrogens is 516 g/mol. The molecule has 1 aliphatic heterocycles. The molecule has 1 aliphatic rings. The van der Waals surface area contributed by atoms with Crippen LogP contribution < -0.4 is 26.5 Å².